The van der Waals surface area contributed by atoms with E-state index in [1.165, 1.54) is 4.68 Å². The summed E-state index contributed by atoms with van der Waals surface area (Å²) < 4.78 is 1.54. The van der Waals surface area contributed by atoms with Crippen LogP contribution in [0.25, 0.3) is 0 Å². The minimum Gasteiger partial charge on any atom is -0.479 e. The van der Waals surface area contributed by atoms with Gasteiger partial charge in [-0.3, -0.25) is 4.68 Å². The molecule has 0 saturated carbocycles. The maximum absolute atomic E-state index is 11.3. The summed E-state index contributed by atoms with van der Waals surface area (Å²) in [5.41, 5.74) is 1.16. The average Bonchev–Trinajstić information content (AvgIpc) is 2.53. The number of hydrogen-bond acceptors (Lipinski definition) is 4. The van der Waals surface area contributed by atoms with Gasteiger partial charge in [0.25, 0.3) is 0 Å². The number of carboxylic acids is 1. The third-order valence-electron chi connectivity index (χ3n) is 2.00. The molecule has 2 amide bonds. The summed E-state index contributed by atoms with van der Waals surface area (Å²) in [6, 6.07) is -0.596. The molecule has 0 bridgehead atoms. The number of carbonyl (C=O) groups excluding carboxylic acids is 1. The number of aliphatic hydroxyl groups is 1. The van der Waals surface area contributed by atoms with Crippen molar-refractivity contribution in [1.82, 2.24) is 15.1 Å². The summed E-state index contributed by atoms with van der Waals surface area (Å²) in [7, 11) is 1.71. The number of nitrogens with one attached hydrogen (secondary N) is 2. The van der Waals surface area contributed by atoms with E-state index in [-0.39, 0.29) is 6.54 Å². The van der Waals surface area contributed by atoms with Gasteiger partial charge in [0, 0.05) is 13.2 Å². The smallest absolute Gasteiger partial charge is 0.334 e. The molecule has 0 radical (unpaired) electrons. The number of nitrogens with zero attached hydrogens (tertiary/aromatic N) is 2. The van der Waals surface area contributed by atoms with E-state index >= 15 is 0 Å². The first-order valence-electron chi connectivity index (χ1n) is 4.86. The Balaban J connectivity index is 2.45. The molecule has 0 fully saturated rings. The van der Waals surface area contributed by atoms with Crippen molar-refractivity contribution in [2.24, 2.45) is 7.05 Å². The molecule has 8 heteroatoms. The molecule has 4 N–H and O–H groups in total. The van der Waals surface area contributed by atoms with Crippen molar-refractivity contribution in [3.05, 3.63) is 11.9 Å². The highest BCUT2D eigenvalue weighted by Crippen LogP contribution is 2.10. The van der Waals surface area contributed by atoms with Crippen LogP contribution >= 0.6 is 0 Å². The molecule has 0 aliphatic carbocycles. The van der Waals surface area contributed by atoms with Crippen molar-refractivity contribution >= 4 is 17.7 Å². The third-order valence-corrected chi connectivity index (χ3v) is 2.00. The molecule has 0 unspecified atom stereocenters. The fourth-order valence-corrected chi connectivity index (χ4v) is 1.17. The van der Waals surface area contributed by atoms with Crippen LogP contribution < -0.4 is 10.6 Å². The maximum atomic E-state index is 11.3. The third kappa shape index (κ3) is 3.76. The predicted molar refractivity (Wildman–Crippen MR) is 58.6 cm³/mol. The highest BCUT2D eigenvalue weighted by molar-refractivity contribution is 5.90. The second kappa shape index (κ2) is 5.30. The van der Waals surface area contributed by atoms with E-state index < -0.39 is 18.1 Å². The first-order valence-corrected chi connectivity index (χ1v) is 4.86. The quantitative estimate of drug-likeness (QED) is 0.557. The molecule has 8 nitrogen and oxygen atoms in total. The molecule has 1 aromatic heterocycles. The Morgan fingerprint density at radius 3 is 2.71 bits per heavy atom. The molecule has 17 heavy (non-hydrogen) atoms. The van der Waals surface area contributed by atoms with Gasteiger partial charge in [-0.2, -0.15) is 5.10 Å². The van der Waals surface area contributed by atoms with Crippen molar-refractivity contribution in [1.29, 1.82) is 0 Å². The zero-order valence-corrected chi connectivity index (χ0v) is 9.47. The van der Waals surface area contributed by atoms with Gasteiger partial charge in [0.05, 0.1) is 17.9 Å². The summed E-state index contributed by atoms with van der Waals surface area (Å²) in [5, 5.41) is 26.1. The molecular weight excluding hydrogens is 228 g/mol. The average molecular weight is 242 g/mol. The highest BCUT2D eigenvalue weighted by atomic mass is 16.4. The number of carboxylic acid groups (broad SMARTS) is 1. The van der Waals surface area contributed by atoms with Gasteiger partial charge >= 0.3 is 12.0 Å². The van der Waals surface area contributed by atoms with Gasteiger partial charge in [0.2, 0.25) is 0 Å². The van der Waals surface area contributed by atoms with Gasteiger partial charge < -0.3 is 20.8 Å². The first-order chi connectivity index (χ1) is 7.90. The van der Waals surface area contributed by atoms with Crippen molar-refractivity contribution in [2.75, 3.05) is 11.9 Å². The van der Waals surface area contributed by atoms with Crippen molar-refractivity contribution in [2.45, 2.75) is 13.0 Å². The molecular formula is C9H14N4O4. The molecule has 1 atom stereocenters. The van der Waals surface area contributed by atoms with Gasteiger partial charge in [0.1, 0.15) is 0 Å². The van der Waals surface area contributed by atoms with E-state index in [2.05, 4.69) is 15.7 Å². The van der Waals surface area contributed by atoms with Gasteiger partial charge in [-0.15, -0.1) is 0 Å². The number of anilines is 1. The summed E-state index contributed by atoms with van der Waals surface area (Å²) in [4.78, 5) is 21.6. The van der Waals surface area contributed by atoms with E-state index in [0.29, 0.717) is 11.4 Å². The molecule has 1 heterocycles. The number of carbonyl (C=O) groups is 2. The predicted octanol–water partition coefficient (Wildman–Crippen LogP) is -0.704. The van der Waals surface area contributed by atoms with E-state index in [4.69, 9.17) is 10.2 Å². The minimum atomic E-state index is -1.62. The lowest BCUT2D eigenvalue weighted by atomic mass is 10.3. The summed E-state index contributed by atoms with van der Waals surface area (Å²) >= 11 is 0. The second-order valence-corrected chi connectivity index (χ2v) is 3.49. The van der Waals surface area contributed by atoms with Crippen LogP contribution in [-0.4, -0.2) is 44.6 Å². The Kier molecular flexibility index (Phi) is 4.05. The molecule has 0 aliphatic rings. The lowest BCUT2D eigenvalue weighted by Gasteiger charge is -2.08. The fraction of sp³-hybridized carbons (Fsp3) is 0.444. The Morgan fingerprint density at radius 2 is 2.24 bits per heavy atom. The minimum absolute atomic E-state index is 0.361. The number of rotatable bonds is 4. The second-order valence-electron chi connectivity index (χ2n) is 3.49. The van der Waals surface area contributed by atoms with Crippen LogP contribution in [0, 0.1) is 6.92 Å². The van der Waals surface area contributed by atoms with Gasteiger partial charge in [0.15, 0.2) is 6.10 Å². The van der Waals surface area contributed by atoms with Gasteiger partial charge in [-0.25, -0.2) is 9.59 Å². The molecule has 1 rings (SSSR count). The maximum Gasteiger partial charge on any atom is 0.334 e. The topological polar surface area (TPSA) is 116 Å². The standard InChI is InChI=1S/C9H14N4O4/c1-5-6(4-13(2)12-5)11-9(17)10-3-7(14)8(15)16/h4,7,14H,3H2,1-2H3,(H,15,16)(H2,10,11,17)/t7-/m0/s1. The Hall–Kier alpha value is -2.09. The van der Waals surface area contributed by atoms with Crippen LogP contribution in [0.15, 0.2) is 6.20 Å². The van der Waals surface area contributed by atoms with Crippen LogP contribution in [0.4, 0.5) is 10.5 Å². The van der Waals surface area contributed by atoms with Crippen molar-refractivity contribution < 1.29 is 19.8 Å². The number of urea groups is 1. The van der Waals surface area contributed by atoms with E-state index in [1.54, 1.807) is 20.2 Å². The molecule has 0 spiro atoms. The first kappa shape index (κ1) is 13.0. The number of hydrogen-bond donors (Lipinski definition) is 4. The van der Waals surface area contributed by atoms with Gasteiger partial charge in [-0.1, -0.05) is 0 Å². The Bertz CT molecular complexity index is 429. The number of aryl methyl sites for hydroxylation is 2. The van der Waals surface area contributed by atoms with Gasteiger partial charge in [-0.05, 0) is 6.92 Å². The van der Waals surface area contributed by atoms with Crippen LogP contribution in [0.1, 0.15) is 5.69 Å². The monoisotopic (exact) mass is 242 g/mol. The summed E-state index contributed by atoms with van der Waals surface area (Å²) in [6.45, 7) is 1.36. The zero-order chi connectivity index (χ0) is 13.0. The molecule has 94 valence electrons. The van der Waals surface area contributed by atoms with E-state index in [9.17, 15) is 9.59 Å². The normalized spacial score (nSPS) is 11.9. The summed E-state index contributed by atoms with van der Waals surface area (Å²) in [6.07, 6.45) is -0.00142. The van der Waals surface area contributed by atoms with E-state index in [0.717, 1.165) is 0 Å². The lowest BCUT2D eigenvalue weighted by molar-refractivity contribution is -0.146. The highest BCUT2D eigenvalue weighted by Gasteiger charge is 2.14. The van der Waals surface area contributed by atoms with Crippen molar-refractivity contribution in [3.8, 4) is 0 Å². The number of aliphatic hydroxyl groups excluding tert-OH is 1. The Morgan fingerprint density at radius 1 is 1.59 bits per heavy atom. The summed E-state index contributed by atoms with van der Waals surface area (Å²) in [5.74, 6) is -1.39. The molecule has 0 aliphatic heterocycles. The molecule has 0 aromatic carbocycles. The SMILES string of the molecule is Cc1nn(C)cc1NC(=O)NC[C@H](O)C(=O)O. The van der Waals surface area contributed by atoms with E-state index in [1.807, 2.05) is 0 Å². The van der Waals surface area contributed by atoms with Crippen LogP contribution in [-0.2, 0) is 11.8 Å². The van der Waals surface area contributed by atoms with Crippen LogP contribution in [0.5, 0.6) is 0 Å². The Labute approximate surface area is 97.2 Å². The number of aromatic nitrogens is 2. The fourth-order valence-electron chi connectivity index (χ4n) is 1.17. The van der Waals surface area contributed by atoms with Crippen LogP contribution in [0.2, 0.25) is 0 Å². The number of amides is 2. The number of aliphatic carboxylic acids is 1. The van der Waals surface area contributed by atoms with Crippen molar-refractivity contribution in [3.63, 3.8) is 0 Å². The zero-order valence-electron chi connectivity index (χ0n) is 9.47. The molecule has 0 saturated heterocycles. The largest absolute Gasteiger partial charge is 0.479 e. The van der Waals surface area contributed by atoms with Crippen LogP contribution in [0.3, 0.4) is 0 Å². The molecule has 1 aromatic rings. The lowest BCUT2D eigenvalue weighted by Crippen LogP contribution is -2.38.